The fourth-order valence-corrected chi connectivity index (χ4v) is 3.47. The van der Waals surface area contributed by atoms with E-state index in [1.165, 1.54) is 18.7 Å². The molecule has 0 radical (unpaired) electrons. The van der Waals surface area contributed by atoms with Gasteiger partial charge < -0.3 is 14.8 Å². The van der Waals surface area contributed by atoms with Gasteiger partial charge in [-0.2, -0.15) is 18.3 Å². The number of amides is 1. The zero-order valence-electron chi connectivity index (χ0n) is 16.7. The lowest BCUT2D eigenvalue weighted by Crippen LogP contribution is -2.25. The Morgan fingerprint density at radius 1 is 1.19 bits per heavy atom. The van der Waals surface area contributed by atoms with Crippen LogP contribution < -0.4 is 20.3 Å². The molecule has 1 N–H and O–H groups in total. The zero-order chi connectivity index (χ0) is 22.3. The maximum atomic E-state index is 13.4. The molecule has 0 aliphatic carbocycles. The fourth-order valence-electron chi connectivity index (χ4n) is 3.47. The standard InChI is InChI=1S/C20H19F3N4O4/c1-11-18-13(20(21,22)23)10-17(29)27(19(18)25-26(11)2)6-5-16(28)24-12-3-4-14-15(9-12)31-8-7-30-14/h3-4,9-10H,5-8H2,1-2H3,(H,24,28). The van der Waals surface area contributed by atoms with Crippen LogP contribution in [0.5, 0.6) is 11.5 Å². The van der Waals surface area contributed by atoms with E-state index in [-0.39, 0.29) is 29.7 Å². The molecule has 0 atom stereocenters. The third kappa shape index (κ3) is 3.94. The topological polar surface area (TPSA) is 87.4 Å². The molecule has 1 aliphatic heterocycles. The Hall–Kier alpha value is -3.50. The predicted octanol–water partition coefficient (Wildman–Crippen LogP) is 2.86. The number of fused-ring (bicyclic) bond motifs is 2. The third-order valence-electron chi connectivity index (χ3n) is 5.07. The van der Waals surface area contributed by atoms with Gasteiger partial charge in [-0.3, -0.25) is 18.8 Å². The molecule has 3 heterocycles. The third-order valence-corrected chi connectivity index (χ3v) is 5.07. The van der Waals surface area contributed by atoms with Gasteiger partial charge in [-0.15, -0.1) is 0 Å². The Kier molecular flexibility index (Phi) is 5.11. The number of carbonyl (C=O) groups excluding carboxylic acids is 1. The minimum Gasteiger partial charge on any atom is -0.486 e. The number of hydrogen-bond donors (Lipinski definition) is 1. The first-order chi connectivity index (χ1) is 14.6. The van der Waals surface area contributed by atoms with Gasteiger partial charge in [-0.1, -0.05) is 0 Å². The average molecular weight is 436 g/mol. The average Bonchev–Trinajstić information content (AvgIpc) is 3.00. The van der Waals surface area contributed by atoms with Crippen LogP contribution in [0.2, 0.25) is 0 Å². The van der Waals surface area contributed by atoms with Crippen molar-refractivity contribution in [3.05, 3.63) is 45.9 Å². The quantitative estimate of drug-likeness (QED) is 0.680. The number of alkyl halides is 3. The molecule has 0 saturated carbocycles. The van der Waals surface area contributed by atoms with Crippen LogP contribution in [0.1, 0.15) is 17.7 Å². The minimum absolute atomic E-state index is 0.105. The number of aryl methyl sites for hydroxylation is 3. The van der Waals surface area contributed by atoms with E-state index < -0.39 is 23.2 Å². The molecule has 0 bridgehead atoms. The summed E-state index contributed by atoms with van der Waals surface area (Å²) >= 11 is 0. The molecular formula is C20H19F3N4O4. The molecule has 0 unspecified atom stereocenters. The summed E-state index contributed by atoms with van der Waals surface area (Å²) in [6.45, 7) is 2.22. The van der Waals surface area contributed by atoms with Crippen LogP contribution in [0.25, 0.3) is 11.0 Å². The van der Waals surface area contributed by atoms with Crippen LogP contribution >= 0.6 is 0 Å². The number of nitrogens with one attached hydrogen (secondary N) is 1. The Bertz CT molecular complexity index is 1230. The molecular weight excluding hydrogens is 417 g/mol. The van der Waals surface area contributed by atoms with Gasteiger partial charge in [-0.25, -0.2) is 0 Å². The number of halogens is 3. The van der Waals surface area contributed by atoms with Crippen molar-refractivity contribution in [1.82, 2.24) is 14.3 Å². The van der Waals surface area contributed by atoms with Gasteiger partial charge in [0.15, 0.2) is 17.1 Å². The molecule has 164 valence electrons. The normalized spacial score (nSPS) is 13.5. The summed E-state index contributed by atoms with van der Waals surface area (Å²) in [5.74, 6) is 0.673. The number of ether oxygens (including phenoxy) is 2. The summed E-state index contributed by atoms with van der Waals surface area (Å²) in [7, 11) is 1.50. The fraction of sp³-hybridized carbons (Fsp3) is 0.350. The highest BCUT2D eigenvalue weighted by Gasteiger charge is 2.36. The monoisotopic (exact) mass is 436 g/mol. The van der Waals surface area contributed by atoms with Crippen LogP contribution in [0.4, 0.5) is 18.9 Å². The molecule has 3 aromatic rings. The molecule has 11 heteroatoms. The van der Waals surface area contributed by atoms with Gasteiger partial charge in [0.05, 0.1) is 10.9 Å². The summed E-state index contributed by atoms with van der Waals surface area (Å²) in [4.78, 5) is 24.8. The molecule has 0 spiro atoms. The number of nitrogens with zero attached hydrogens (tertiary/aromatic N) is 3. The second-order valence-electron chi connectivity index (χ2n) is 7.11. The van der Waals surface area contributed by atoms with Crippen molar-refractivity contribution in [1.29, 1.82) is 0 Å². The number of rotatable bonds is 4. The van der Waals surface area contributed by atoms with Gasteiger partial charge in [-0.05, 0) is 19.1 Å². The Balaban J connectivity index is 1.57. The largest absolute Gasteiger partial charge is 0.486 e. The molecule has 0 fully saturated rings. The first-order valence-corrected chi connectivity index (χ1v) is 9.49. The summed E-state index contributed by atoms with van der Waals surface area (Å²) in [6, 6.07) is 5.49. The summed E-state index contributed by atoms with van der Waals surface area (Å²) in [5, 5.41) is 6.61. The van der Waals surface area contributed by atoms with E-state index in [1.54, 1.807) is 18.2 Å². The van der Waals surface area contributed by atoms with Crippen LogP contribution in [-0.4, -0.2) is 33.5 Å². The smallest absolute Gasteiger partial charge is 0.417 e. The number of benzene rings is 1. The molecule has 2 aromatic heterocycles. The van der Waals surface area contributed by atoms with E-state index in [0.717, 1.165) is 4.57 Å². The number of carbonyl (C=O) groups is 1. The Morgan fingerprint density at radius 3 is 2.61 bits per heavy atom. The predicted molar refractivity (Wildman–Crippen MR) is 105 cm³/mol. The van der Waals surface area contributed by atoms with Crippen LogP contribution in [0.3, 0.4) is 0 Å². The van der Waals surface area contributed by atoms with Crippen LogP contribution in [0.15, 0.2) is 29.1 Å². The lowest BCUT2D eigenvalue weighted by molar-refractivity contribution is -0.136. The van der Waals surface area contributed by atoms with Crippen LogP contribution in [0, 0.1) is 6.92 Å². The molecule has 1 aromatic carbocycles. The highest BCUT2D eigenvalue weighted by atomic mass is 19.4. The number of pyridine rings is 1. The van der Waals surface area contributed by atoms with Gasteiger partial charge >= 0.3 is 6.18 Å². The molecule has 0 saturated heterocycles. The Labute approximate surface area is 174 Å². The van der Waals surface area contributed by atoms with Gasteiger partial charge in [0.1, 0.15) is 13.2 Å². The van der Waals surface area contributed by atoms with E-state index in [2.05, 4.69) is 10.4 Å². The van der Waals surface area contributed by atoms with Gasteiger partial charge in [0.2, 0.25) is 5.91 Å². The van der Waals surface area contributed by atoms with E-state index in [0.29, 0.717) is 36.5 Å². The van der Waals surface area contributed by atoms with Crippen molar-refractivity contribution in [2.45, 2.75) is 26.1 Å². The van der Waals surface area contributed by atoms with E-state index >= 15 is 0 Å². The highest BCUT2D eigenvalue weighted by Crippen LogP contribution is 2.35. The molecule has 8 nitrogen and oxygen atoms in total. The molecule has 1 aliphatic rings. The maximum Gasteiger partial charge on any atom is 0.417 e. The molecule has 1 amide bonds. The Morgan fingerprint density at radius 2 is 1.90 bits per heavy atom. The van der Waals surface area contributed by atoms with Crippen molar-refractivity contribution in [3.8, 4) is 11.5 Å². The van der Waals surface area contributed by atoms with Crippen molar-refractivity contribution in [2.24, 2.45) is 7.05 Å². The molecule has 31 heavy (non-hydrogen) atoms. The van der Waals surface area contributed by atoms with Gasteiger partial charge in [0.25, 0.3) is 5.56 Å². The second kappa shape index (κ2) is 7.64. The SMILES string of the molecule is Cc1c2c(C(F)(F)F)cc(=O)n(CCC(=O)Nc3ccc4c(c3)OCCO4)c2nn1C. The highest BCUT2D eigenvalue weighted by molar-refractivity contribution is 5.91. The molecule has 4 rings (SSSR count). The number of anilines is 1. The van der Waals surface area contributed by atoms with E-state index in [4.69, 9.17) is 9.47 Å². The lowest BCUT2D eigenvalue weighted by Gasteiger charge is -2.19. The lowest BCUT2D eigenvalue weighted by atomic mass is 10.1. The summed E-state index contributed by atoms with van der Waals surface area (Å²) < 4.78 is 53.5. The number of hydrogen-bond acceptors (Lipinski definition) is 5. The second-order valence-corrected chi connectivity index (χ2v) is 7.11. The van der Waals surface area contributed by atoms with Crippen LogP contribution in [-0.2, 0) is 24.6 Å². The first kappa shape index (κ1) is 20.8. The van der Waals surface area contributed by atoms with Crippen molar-refractivity contribution < 1.29 is 27.4 Å². The summed E-state index contributed by atoms with van der Waals surface area (Å²) in [5.41, 5.74) is -1.25. The summed E-state index contributed by atoms with van der Waals surface area (Å²) in [6.07, 6.45) is -4.83. The maximum absolute atomic E-state index is 13.4. The van der Waals surface area contributed by atoms with Crippen molar-refractivity contribution in [3.63, 3.8) is 0 Å². The van der Waals surface area contributed by atoms with E-state index in [9.17, 15) is 22.8 Å². The minimum atomic E-state index is -4.69. The van der Waals surface area contributed by atoms with E-state index in [1.807, 2.05) is 0 Å². The van der Waals surface area contributed by atoms with Crippen molar-refractivity contribution >= 4 is 22.6 Å². The first-order valence-electron chi connectivity index (χ1n) is 9.49. The number of aromatic nitrogens is 3. The van der Waals surface area contributed by atoms with Crippen molar-refractivity contribution in [2.75, 3.05) is 18.5 Å². The zero-order valence-corrected chi connectivity index (χ0v) is 16.7. The van der Waals surface area contributed by atoms with Gasteiger partial charge in [0, 0.05) is 43.5 Å².